The van der Waals surface area contributed by atoms with Crippen LogP contribution in [0.25, 0.3) is 0 Å². The number of fused-ring (bicyclic) bond motifs is 4. The van der Waals surface area contributed by atoms with E-state index >= 15 is 0 Å². The summed E-state index contributed by atoms with van der Waals surface area (Å²) in [6, 6.07) is 12.8. The highest BCUT2D eigenvalue weighted by atomic mass is 16.5. The van der Waals surface area contributed by atoms with Crippen molar-refractivity contribution in [2.24, 2.45) is 0 Å². The summed E-state index contributed by atoms with van der Waals surface area (Å²) < 4.78 is 6.04. The van der Waals surface area contributed by atoms with E-state index in [1.165, 1.54) is 36.8 Å². The van der Waals surface area contributed by atoms with E-state index in [0.29, 0.717) is 0 Å². The molecule has 2 aliphatic rings. The molecule has 1 aliphatic heterocycles. The Morgan fingerprint density at radius 2 is 1.61 bits per heavy atom. The third-order valence-electron chi connectivity index (χ3n) is 4.17. The van der Waals surface area contributed by atoms with Crippen LogP contribution in [-0.4, -0.2) is 0 Å². The topological polar surface area (TPSA) is 9.23 Å². The lowest BCUT2D eigenvalue weighted by molar-refractivity contribution is 0.457. The first-order valence-corrected chi connectivity index (χ1v) is 6.81. The van der Waals surface area contributed by atoms with E-state index in [1.807, 2.05) is 6.07 Å². The highest BCUT2D eigenvalue weighted by Gasteiger charge is 2.22. The number of rotatable bonds is 0. The average Bonchev–Trinajstić information content (AvgIpc) is 2.45. The van der Waals surface area contributed by atoms with Crippen molar-refractivity contribution in [3.05, 3.63) is 58.7 Å². The second-order valence-corrected chi connectivity index (χ2v) is 5.27. The third kappa shape index (κ3) is 1.47. The van der Waals surface area contributed by atoms with Crippen molar-refractivity contribution in [1.29, 1.82) is 0 Å². The lowest BCUT2D eigenvalue weighted by Gasteiger charge is -2.26. The van der Waals surface area contributed by atoms with Crippen LogP contribution in [0.2, 0.25) is 0 Å². The second kappa shape index (κ2) is 3.88. The van der Waals surface area contributed by atoms with Gasteiger partial charge in [-0.3, -0.25) is 0 Å². The zero-order chi connectivity index (χ0) is 11.9. The zero-order valence-electron chi connectivity index (χ0n) is 10.4. The average molecular weight is 236 g/mol. The molecule has 1 heteroatoms. The maximum atomic E-state index is 6.04. The van der Waals surface area contributed by atoms with Gasteiger partial charge in [0.15, 0.2) is 0 Å². The molecule has 90 valence electrons. The fourth-order valence-electron chi connectivity index (χ4n) is 3.23. The van der Waals surface area contributed by atoms with E-state index in [9.17, 15) is 0 Å². The van der Waals surface area contributed by atoms with E-state index < -0.39 is 0 Å². The van der Waals surface area contributed by atoms with Crippen molar-refractivity contribution >= 4 is 0 Å². The quantitative estimate of drug-likeness (QED) is 0.566. The first kappa shape index (κ1) is 10.2. The second-order valence-electron chi connectivity index (χ2n) is 5.27. The summed E-state index contributed by atoms with van der Waals surface area (Å²) in [5, 5.41) is 0. The molecular weight excluding hydrogens is 220 g/mol. The molecule has 1 aliphatic carbocycles. The van der Waals surface area contributed by atoms with E-state index in [0.717, 1.165) is 17.9 Å². The molecule has 0 amide bonds. The van der Waals surface area contributed by atoms with Crippen LogP contribution in [0.15, 0.2) is 36.4 Å². The van der Waals surface area contributed by atoms with Gasteiger partial charge < -0.3 is 4.74 Å². The molecule has 0 fully saturated rings. The van der Waals surface area contributed by atoms with Crippen molar-refractivity contribution in [3.8, 4) is 11.5 Å². The molecule has 1 nitrogen and oxygen atoms in total. The van der Waals surface area contributed by atoms with Crippen LogP contribution in [0.5, 0.6) is 11.5 Å². The van der Waals surface area contributed by atoms with E-state index in [2.05, 4.69) is 30.3 Å². The number of hydrogen-bond acceptors (Lipinski definition) is 1. The van der Waals surface area contributed by atoms with Gasteiger partial charge in [-0.1, -0.05) is 24.3 Å². The van der Waals surface area contributed by atoms with Crippen LogP contribution in [0.3, 0.4) is 0 Å². The lowest BCUT2D eigenvalue weighted by Crippen LogP contribution is -2.11. The molecule has 0 aromatic heterocycles. The number of benzene rings is 2. The van der Waals surface area contributed by atoms with Gasteiger partial charge in [-0.25, -0.2) is 0 Å². The molecule has 0 radical (unpaired) electrons. The van der Waals surface area contributed by atoms with Crippen molar-refractivity contribution in [2.75, 3.05) is 0 Å². The van der Waals surface area contributed by atoms with Crippen LogP contribution < -0.4 is 4.74 Å². The van der Waals surface area contributed by atoms with Crippen LogP contribution in [0.1, 0.15) is 35.1 Å². The lowest BCUT2D eigenvalue weighted by atomic mass is 9.85. The molecule has 0 N–H and O–H groups in total. The maximum absolute atomic E-state index is 6.04. The van der Waals surface area contributed by atoms with Crippen molar-refractivity contribution in [1.82, 2.24) is 0 Å². The molecule has 0 saturated heterocycles. The summed E-state index contributed by atoms with van der Waals surface area (Å²) in [5.41, 5.74) is 5.87. The van der Waals surface area contributed by atoms with Gasteiger partial charge in [-0.2, -0.15) is 0 Å². The Labute approximate surface area is 107 Å². The largest absolute Gasteiger partial charge is 0.457 e. The molecular formula is C17H16O. The molecule has 0 saturated carbocycles. The smallest absolute Gasteiger partial charge is 0.131 e. The van der Waals surface area contributed by atoms with E-state index in [1.54, 1.807) is 11.1 Å². The summed E-state index contributed by atoms with van der Waals surface area (Å²) in [5.74, 6) is 2.11. The predicted molar refractivity (Wildman–Crippen MR) is 72.4 cm³/mol. The standard InChI is InChI=1S/C17H16O/c1-3-7-14-12(5-1)9-10-17-15(14)11-13-6-2-4-8-16(13)18-17/h2,4,6,8-10H,1,3,5,7,11H2. The minimum Gasteiger partial charge on any atom is -0.457 e. The first-order valence-electron chi connectivity index (χ1n) is 6.81. The predicted octanol–water partition coefficient (Wildman–Crippen LogP) is 4.26. The number of hydrogen-bond donors (Lipinski definition) is 0. The molecule has 0 unspecified atom stereocenters. The highest BCUT2D eigenvalue weighted by Crippen LogP contribution is 2.40. The van der Waals surface area contributed by atoms with Crippen LogP contribution in [0.4, 0.5) is 0 Å². The summed E-state index contributed by atoms with van der Waals surface area (Å²) in [6.45, 7) is 0. The summed E-state index contributed by atoms with van der Waals surface area (Å²) in [7, 11) is 0. The Morgan fingerprint density at radius 1 is 0.722 bits per heavy atom. The van der Waals surface area contributed by atoms with Gasteiger partial charge in [0.05, 0.1) is 0 Å². The van der Waals surface area contributed by atoms with E-state index in [-0.39, 0.29) is 0 Å². The molecule has 2 aromatic carbocycles. The van der Waals surface area contributed by atoms with Crippen LogP contribution in [-0.2, 0) is 19.3 Å². The van der Waals surface area contributed by atoms with Gasteiger partial charge in [0.25, 0.3) is 0 Å². The monoisotopic (exact) mass is 236 g/mol. The Balaban J connectivity index is 1.86. The Kier molecular flexibility index (Phi) is 2.19. The summed E-state index contributed by atoms with van der Waals surface area (Å²) >= 11 is 0. The first-order chi connectivity index (χ1) is 8.92. The van der Waals surface area contributed by atoms with Crippen LogP contribution >= 0.6 is 0 Å². The molecule has 0 spiro atoms. The minimum atomic E-state index is 1.03. The van der Waals surface area contributed by atoms with Crippen molar-refractivity contribution in [2.45, 2.75) is 32.1 Å². The van der Waals surface area contributed by atoms with Crippen molar-refractivity contribution in [3.63, 3.8) is 0 Å². The molecule has 0 atom stereocenters. The number of aryl methyl sites for hydroxylation is 1. The summed E-state index contributed by atoms with van der Waals surface area (Å²) in [6.07, 6.45) is 6.16. The molecule has 0 bridgehead atoms. The summed E-state index contributed by atoms with van der Waals surface area (Å²) in [4.78, 5) is 0. The molecule has 1 heterocycles. The normalized spacial score (nSPS) is 16.2. The Morgan fingerprint density at radius 3 is 2.61 bits per heavy atom. The molecule has 2 aromatic rings. The van der Waals surface area contributed by atoms with Gasteiger partial charge >= 0.3 is 0 Å². The van der Waals surface area contributed by atoms with Gasteiger partial charge in [-0.05, 0) is 54.5 Å². The minimum absolute atomic E-state index is 1.03. The fourth-order valence-corrected chi connectivity index (χ4v) is 3.23. The number of ether oxygens (including phenoxy) is 1. The molecule has 4 rings (SSSR count). The highest BCUT2D eigenvalue weighted by molar-refractivity contribution is 5.55. The van der Waals surface area contributed by atoms with Crippen LogP contribution in [0, 0.1) is 0 Å². The molecule has 18 heavy (non-hydrogen) atoms. The Bertz CT molecular complexity index is 613. The van der Waals surface area contributed by atoms with E-state index in [4.69, 9.17) is 4.74 Å². The third-order valence-corrected chi connectivity index (χ3v) is 4.17. The zero-order valence-corrected chi connectivity index (χ0v) is 10.4. The maximum Gasteiger partial charge on any atom is 0.131 e. The van der Waals surface area contributed by atoms with Gasteiger partial charge in [0, 0.05) is 12.0 Å². The van der Waals surface area contributed by atoms with Gasteiger partial charge in [0.1, 0.15) is 11.5 Å². The fraction of sp³-hybridized carbons (Fsp3) is 0.294. The van der Waals surface area contributed by atoms with Gasteiger partial charge in [0.2, 0.25) is 0 Å². The Hall–Kier alpha value is -1.76. The van der Waals surface area contributed by atoms with Gasteiger partial charge in [-0.15, -0.1) is 0 Å². The SMILES string of the molecule is c1ccc2c(c1)Cc1c(ccc3c1CCCC3)O2. The number of para-hydroxylation sites is 1. The van der Waals surface area contributed by atoms with Crippen molar-refractivity contribution < 1.29 is 4.74 Å².